The van der Waals surface area contributed by atoms with Crippen LogP contribution in [0.1, 0.15) is 42.0 Å². The minimum atomic E-state index is -0.0701. The molecule has 1 heterocycles. The Morgan fingerprint density at radius 1 is 1.18 bits per heavy atom. The van der Waals surface area contributed by atoms with Crippen LogP contribution < -0.4 is 10.6 Å². The number of carbonyl (C=O) groups is 1. The molecule has 1 aromatic heterocycles. The van der Waals surface area contributed by atoms with E-state index >= 15 is 0 Å². The molecular weight excluding hydrogens is 276 g/mol. The van der Waals surface area contributed by atoms with Crippen LogP contribution in [0.25, 0.3) is 0 Å². The number of hydrogen-bond acceptors (Lipinski definition) is 4. The van der Waals surface area contributed by atoms with E-state index in [-0.39, 0.29) is 11.9 Å². The summed E-state index contributed by atoms with van der Waals surface area (Å²) in [7, 11) is 0. The van der Waals surface area contributed by atoms with E-state index in [0.29, 0.717) is 11.5 Å². The molecule has 1 atom stereocenters. The molecule has 22 heavy (non-hydrogen) atoms. The highest BCUT2D eigenvalue weighted by atomic mass is 16.1. The minimum Gasteiger partial charge on any atom is -0.350 e. The van der Waals surface area contributed by atoms with Gasteiger partial charge in [-0.05, 0) is 51.5 Å². The molecule has 0 saturated carbocycles. The molecule has 0 bridgehead atoms. The van der Waals surface area contributed by atoms with E-state index in [9.17, 15) is 4.79 Å². The van der Waals surface area contributed by atoms with Crippen molar-refractivity contribution in [3.05, 3.63) is 47.3 Å². The summed E-state index contributed by atoms with van der Waals surface area (Å²) in [4.78, 5) is 20.8. The van der Waals surface area contributed by atoms with Gasteiger partial charge in [0.05, 0.1) is 0 Å². The first-order valence-corrected chi connectivity index (χ1v) is 7.48. The molecule has 2 rings (SSSR count). The van der Waals surface area contributed by atoms with Gasteiger partial charge in [-0.1, -0.05) is 13.0 Å². The van der Waals surface area contributed by atoms with E-state index < -0.39 is 0 Å². The Morgan fingerprint density at radius 2 is 1.86 bits per heavy atom. The zero-order valence-electron chi connectivity index (χ0n) is 13.5. The molecule has 0 saturated heterocycles. The highest BCUT2D eigenvalue weighted by Crippen LogP contribution is 2.16. The Morgan fingerprint density at radius 3 is 2.50 bits per heavy atom. The summed E-state index contributed by atoms with van der Waals surface area (Å²) in [6, 6.07) is 9.41. The molecule has 0 spiro atoms. The predicted molar refractivity (Wildman–Crippen MR) is 88.4 cm³/mol. The first-order chi connectivity index (χ1) is 10.5. The lowest BCUT2D eigenvalue weighted by Gasteiger charge is -2.12. The fourth-order valence-corrected chi connectivity index (χ4v) is 2.06. The summed E-state index contributed by atoms with van der Waals surface area (Å²) in [5.74, 6) is 0.469. The monoisotopic (exact) mass is 298 g/mol. The van der Waals surface area contributed by atoms with Crippen molar-refractivity contribution in [2.75, 3.05) is 5.32 Å². The molecular formula is C17H22N4O. The van der Waals surface area contributed by atoms with Crippen molar-refractivity contribution in [1.29, 1.82) is 0 Å². The van der Waals surface area contributed by atoms with Crippen LogP contribution in [-0.2, 0) is 0 Å². The first kappa shape index (κ1) is 15.9. The van der Waals surface area contributed by atoms with Gasteiger partial charge in [0, 0.05) is 28.7 Å². The van der Waals surface area contributed by atoms with Crippen molar-refractivity contribution < 1.29 is 4.79 Å². The van der Waals surface area contributed by atoms with Gasteiger partial charge in [-0.2, -0.15) is 0 Å². The summed E-state index contributed by atoms with van der Waals surface area (Å²) in [5.41, 5.74) is 3.22. The van der Waals surface area contributed by atoms with Gasteiger partial charge in [0.1, 0.15) is 0 Å². The molecule has 0 unspecified atom stereocenters. The Bertz CT molecular complexity index is 649. The van der Waals surface area contributed by atoms with E-state index in [1.165, 1.54) is 0 Å². The lowest BCUT2D eigenvalue weighted by atomic mass is 10.1. The van der Waals surface area contributed by atoms with Crippen molar-refractivity contribution in [2.45, 2.75) is 40.2 Å². The Hall–Kier alpha value is -2.43. The Balaban J connectivity index is 2.16. The average molecular weight is 298 g/mol. The van der Waals surface area contributed by atoms with Gasteiger partial charge in [0.15, 0.2) is 0 Å². The lowest BCUT2D eigenvalue weighted by molar-refractivity contribution is 0.0939. The van der Waals surface area contributed by atoms with Crippen molar-refractivity contribution in [2.24, 2.45) is 0 Å². The smallest absolute Gasteiger partial charge is 0.251 e. The van der Waals surface area contributed by atoms with Crippen LogP contribution in [0.15, 0.2) is 30.3 Å². The van der Waals surface area contributed by atoms with Gasteiger partial charge in [0.25, 0.3) is 5.91 Å². The maximum Gasteiger partial charge on any atom is 0.251 e. The SMILES string of the molecule is CC[C@H](C)NC(=O)c1cccc(Nc2nc(C)cc(C)n2)c1. The lowest BCUT2D eigenvalue weighted by Crippen LogP contribution is -2.31. The number of anilines is 2. The summed E-state index contributed by atoms with van der Waals surface area (Å²) in [6.45, 7) is 7.88. The number of nitrogens with zero attached hydrogens (tertiary/aromatic N) is 2. The van der Waals surface area contributed by atoms with Gasteiger partial charge in [-0.3, -0.25) is 4.79 Å². The Kier molecular flexibility index (Phi) is 5.09. The van der Waals surface area contributed by atoms with Crippen LogP contribution in [0.2, 0.25) is 0 Å². The molecule has 116 valence electrons. The third-order valence-electron chi connectivity index (χ3n) is 3.35. The van der Waals surface area contributed by atoms with Crippen LogP contribution in [0.5, 0.6) is 0 Å². The fourth-order valence-electron chi connectivity index (χ4n) is 2.06. The van der Waals surface area contributed by atoms with Crippen molar-refractivity contribution in [1.82, 2.24) is 15.3 Å². The highest BCUT2D eigenvalue weighted by Gasteiger charge is 2.09. The molecule has 0 fully saturated rings. The fraction of sp³-hybridized carbons (Fsp3) is 0.353. The molecule has 0 aliphatic rings. The topological polar surface area (TPSA) is 66.9 Å². The summed E-state index contributed by atoms with van der Waals surface area (Å²) in [6.07, 6.45) is 0.903. The second-order valence-corrected chi connectivity index (χ2v) is 5.46. The van der Waals surface area contributed by atoms with E-state index in [4.69, 9.17) is 0 Å². The first-order valence-electron chi connectivity index (χ1n) is 7.48. The van der Waals surface area contributed by atoms with E-state index in [0.717, 1.165) is 23.5 Å². The molecule has 5 nitrogen and oxygen atoms in total. The van der Waals surface area contributed by atoms with Gasteiger partial charge in [-0.15, -0.1) is 0 Å². The zero-order chi connectivity index (χ0) is 16.1. The molecule has 0 radical (unpaired) electrons. The third kappa shape index (κ3) is 4.28. The highest BCUT2D eigenvalue weighted by molar-refractivity contribution is 5.95. The number of rotatable bonds is 5. The van der Waals surface area contributed by atoms with E-state index in [1.807, 2.05) is 45.9 Å². The van der Waals surface area contributed by atoms with Crippen molar-refractivity contribution in [3.63, 3.8) is 0 Å². The van der Waals surface area contributed by atoms with Crippen molar-refractivity contribution >= 4 is 17.5 Å². The summed E-state index contributed by atoms with van der Waals surface area (Å²) in [5, 5.41) is 6.10. The maximum absolute atomic E-state index is 12.2. The maximum atomic E-state index is 12.2. The average Bonchev–Trinajstić information content (AvgIpc) is 2.46. The van der Waals surface area contributed by atoms with Crippen LogP contribution in [0.4, 0.5) is 11.6 Å². The number of aromatic nitrogens is 2. The molecule has 5 heteroatoms. The van der Waals surface area contributed by atoms with E-state index in [2.05, 4.69) is 20.6 Å². The largest absolute Gasteiger partial charge is 0.350 e. The molecule has 1 aromatic carbocycles. The predicted octanol–water partition coefficient (Wildman–Crippen LogP) is 3.37. The minimum absolute atomic E-state index is 0.0701. The van der Waals surface area contributed by atoms with E-state index in [1.54, 1.807) is 12.1 Å². The number of benzene rings is 1. The van der Waals surface area contributed by atoms with Crippen LogP contribution in [0, 0.1) is 13.8 Å². The summed E-state index contributed by atoms with van der Waals surface area (Å²) >= 11 is 0. The zero-order valence-corrected chi connectivity index (χ0v) is 13.5. The van der Waals surface area contributed by atoms with Crippen LogP contribution in [0.3, 0.4) is 0 Å². The standard InChI is InChI=1S/C17H22N4O/c1-5-11(2)18-16(22)14-7-6-8-15(10-14)21-17-19-12(3)9-13(4)20-17/h6-11H,5H2,1-4H3,(H,18,22)(H,19,20,21)/t11-/m0/s1. The van der Waals surface area contributed by atoms with Gasteiger partial charge < -0.3 is 10.6 Å². The quantitative estimate of drug-likeness (QED) is 0.888. The number of amides is 1. The normalized spacial score (nSPS) is 11.8. The second-order valence-electron chi connectivity index (χ2n) is 5.46. The van der Waals surface area contributed by atoms with Gasteiger partial charge >= 0.3 is 0 Å². The van der Waals surface area contributed by atoms with Crippen molar-refractivity contribution in [3.8, 4) is 0 Å². The second kappa shape index (κ2) is 7.02. The molecule has 0 aliphatic carbocycles. The number of carbonyl (C=O) groups excluding carboxylic acids is 1. The van der Waals surface area contributed by atoms with Crippen LogP contribution >= 0.6 is 0 Å². The molecule has 1 amide bonds. The Labute approximate surface area is 131 Å². The van der Waals surface area contributed by atoms with Gasteiger partial charge in [-0.25, -0.2) is 9.97 Å². The molecule has 2 aromatic rings. The number of nitrogens with one attached hydrogen (secondary N) is 2. The number of aryl methyl sites for hydroxylation is 2. The van der Waals surface area contributed by atoms with Gasteiger partial charge in [0.2, 0.25) is 5.95 Å². The third-order valence-corrected chi connectivity index (χ3v) is 3.35. The summed E-state index contributed by atoms with van der Waals surface area (Å²) < 4.78 is 0. The molecule has 2 N–H and O–H groups in total. The number of hydrogen-bond donors (Lipinski definition) is 2. The van der Waals surface area contributed by atoms with Crippen LogP contribution in [-0.4, -0.2) is 21.9 Å². The molecule has 0 aliphatic heterocycles.